The predicted molar refractivity (Wildman–Crippen MR) is 66.2 cm³/mol. The lowest BCUT2D eigenvalue weighted by atomic mass is 10.0. The van der Waals surface area contributed by atoms with Gasteiger partial charge in [-0.25, -0.2) is 0 Å². The minimum Gasteiger partial charge on any atom is -0.496 e. The third kappa shape index (κ3) is 2.88. The highest BCUT2D eigenvalue weighted by atomic mass is 35.5. The minimum absolute atomic E-state index is 0.0537. The molecule has 2 N–H and O–H groups in total. The van der Waals surface area contributed by atoms with Gasteiger partial charge in [-0.15, -0.1) is 0 Å². The van der Waals surface area contributed by atoms with Crippen LogP contribution in [0.25, 0.3) is 0 Å². The van der Waals surface area contributed by atoms with Gasteiger partial charge in [-0.3, -0.25) is 0 Å². The fourth-order valence-corrected chi connectivity index (χ4v) is 1.88. The van der Waals surface area contributed by atoms with Crippen LogP contribution in [0.5, 0.6) is 5.75 Å². The molecule has 0 amide bonds. The summed E-state index contributed by atoms with van der Waals surface area (Å²) in [4.78, 5) is 0. The first-order valence-electron chi connectivity index (χ1n) is 5.26. The van der Waals surface area contributed by atoms with Crippen LogP contribution >= 0.6 is 11.6 Å². The lowest BCUT2D eigenvalue weighted by Gasteiger charge is -2.19. The largest absolute Gasteiger partial charge is 0.496 e. The Hall–Kier alpha value is -0.770. The summed E-state index contributed by atoms with van der Waals surface area (Å²) in [5.41, 5.74) is 1.97. The number of aliphatic hydroxyl groups is 1. The standard InChI is InChI=1S/C12H18ClNO2/c1-8-6-12(16-3)9(7-10(8)13)11(14-2)4-5-15/h6-7,11,14-15H,4-5H2,1-3H3. The molecule has 90 valence electrons. The van der Waals surface area contributed by atoms with Crippen molar-refractivity contribution in [3.05, 3.63) is 28.3 Å². The van der Waals surface area contributed by atoms with Gasteiger partial charge in [-0.05, 0) is 38.1 Å². The zero-order valence-corrected chi connectivity index (χ0v) is 10.6. The highest BCUT2D eigenvalue weighted by Gasteiger charge is 2.15. The van der Waals surface area contributed by atoms with Crippen LogP contribution in [0.4, 0.5) is 0 Å². The quantitative estimate of drug-likeness (QED) is 0.834. The molecule has 1 atom stereocenters. The van der Waals surface area contributed by atoms with Gasteiger partial charge >= 0.3 is 0 Å². The van der Waals surface area contributed by atoms with E-state index in [4.69, 9.17) is 21.4 Å². The number of hydrogen-bond acceptors (Lipinski definition) is 3. The van der Waals surface area contributed by atoms with Crippen LogP contribution in [0.1, 0.15) is 23.6 Å². The number of ether oxygens (including phenoxy) is 1. The summed E-state index contributed by atoms with van der Waals surface area (Å²) in [6, 6.07) is 3.87. The second-order valence-corrected chi connectivity index (χ2v) is 4.10. The summed E-state index contributed by atoms with van der Waals surface area (Å²) in [6.45, 7) is 2.06. The van der Waals surface area contributed by atoms with Gasteiger partial charge in [-0.1, -0.05) is 11.6 Å². The molecule has 4 heteroatoms. The first-order valence-corrected chi connectivity index (χ1v) is 5.64. The highest BCUT2D eigenvalue weighted by Crippen LogP contribution is 2.32. The number of rotatable bonds is 5. The van der Waals surface area contributed by atoms with E-state index in [2.05, 4.69) is 5.32 Å². The molecule has 0 aromatic heterocycles. The van der Waals surface area contributed by atoms with Crippen molar-refractivity contribution in [3.63, 3.8) is 0 Å². The molecular weight excluding hydrogens is 226 g/mol. The Balaban J connectivity index is 3.13. The van der Waals surface area contributed by atoms with E-state index in [-0.39, 0.29) is 12.6 Å². The molecule has 0 fully saturated rings. The molecule has 0 saturated carbocycles. The SMILES string of the molecule is CNC(CCO)c1cc(Cl)c(C)cc1OC. The van der Waals surface area contributed by atoms with Crippen LogP contribution in [0, 0.1) is 6.92 Å². The van der Waals surface area contributed by atoms with Gasteiger partial charge in [0.2, 0.25) is 0 Å². The van der Waals surface area contributed by atoms with Crippen molar-refractivity contribution in [2.45, 2.75) is 19.4 Å². The monoisotopic (exact) mass is 243 g/mol. The van der Waals surface area contributed by atoms with Gasteiger partial charge in [0.05, 0.1) is 7.11 Å². The molecule has 0 aliphatic carbocycles. The molecule has 0 heterocycles. The lowest BCUT2D eigenvalue weighted by Crippen LogP contribution is -2.18. The summed E-state index contributed by atoms with van der Waals surface area (Å²) in [5.74, 6) is 0.801. The number of aliphatic hydroxyl groups excluding tert-OH is 1. The zero-order valence-electron chi connectivity index (χ0n) is 9.88. The number of methoxy groups -OCH3 is 1. The van der Waals surface area contributed by atoms with Crippen LogP contribution in [0.2, 0.25) is 5.02 Å². The summed E-state index contributed by atoms with van der Waals surface area (Å²) in [6.07, 6.45) is 0.631. The number of hydrogen-bond donors (Lipinski definition) is 2. The van der Waals surface area contributed by atoms with E-state index >= 15 is 0 Å². The highest BCUT2D eigenvalue weighted by molar-refractivity contribution is 6.31. The van der Waals surface area contributed by atoms with Crippen molar-refractivity contribution in [1.82, 2.24) is 5.32 Å². The average Bonchev–Trinajstić information content (AvgIpc) is 2.29. The third-order valence-corrected chi connectivity index (χ3v) is 3.06. The van der Waals surface area contributed by atoms with Crippen LogP contribution in [0.15, 0.2) is 12.1 Å². The maximum absolute atomic E-state index is 9.00. The maximum Gasteiger partial charge on any atom is 0.124 e. The fraction of sp³-hybridized carbons (Fsp3) is 0.500. The van der Waals surface area contributed by atoms with Crippen molar-refractivity contribution in [1.29, 1.82) is 0 Å². The molecule has 1 aromatic carbocycles. The predicted octanol–water partition coefficient (Wildman–Crippen LogP) is 2.30. The van der Waals surface area contributed by atoms with Crippen LogP contribution < -0.4 is 10.1 Å². The van der Waals surface area contributed by atoms with Gasteiger partial charge < -0.3 is 15.2 Å². The van der Waals surface area contributed by atoms with Gasteiger partial charge in [0.15, 0.2) is 0 Å². The molecular formula is C12H18ClNO2. The first kappa shape index (κ1) is 13.3. The van der Waals surface area contributed by atoms with Gasteiger partial charge in [0.1, 0.15) is 5.75 Å². The van der Waals surface area contributed by atoms with Crippen molar-refractivity contribution < 1.29 is 9.84 Å². The lowest BCUT2D eigenvalue weighted by molar-refractivity contribution is 0.267. The minimum atomic E-state index is 0.0537. The molecule has 1 aromatic rings. The normalized spacial score (nSPS) is 12.6. The molecule has 1 unspecified atom stereocenters. The van der Waals surface area contributed by atoms with E-state index in [0.29, 0.717) is 11.4 Å². The van der Waals surface area contributed by atoms with Gasteiger partial charge in [0.25, 0.3) is 0 Å². The number of aryl methyl sites for hydroxylation is 1. The topological polar surface area (TPSA) is 41.5 Å². The van der Waals surface area contributed by atoms with Gasteiger partial charge in [0, 0.05) is 23.2 Å². The molecule has 3 nitrogen and oxygen atoms in total. The van der Waals surface area contributed by atoms with E-state index in [9.17, 15) is 0 Å². The van der Waals surface area contributed by atoms with Crippen molar-refractivity contribution in [2.24, 2.45) is 0 Å². The Bertz CT molecular complexity index is 355. The molecule has 0 saturated heterocycles. The van der Waals surface area contributed by atoms with E-state index in [1.165, 1.54) is 0 Å². The Morgan fingerprint density at radius 1 is 1.50 bits per heavy atom. The molecule has 1 rings (SSSR count). The van der Waals surface area contributed by atoms with Crippen molar-refractivity contribution >= 4 is 11.6 Å². The third-order valence-electron chi connectivity index (χ3n) is 2.65. The molecule has 0 spiro atoms. The van der Waals surface area contributed by atoms with Crippen LogP contribution in [-0.2, 0) is 0 Å². The zero-order chi connectivity index (χ0) is 12.1. The second-order valence-electron chi connectivity index (χ2n) is 3.70. The van der Waals surface area contributed by atoms with Crippen LogP contribution in [-0.4, -0.2) is 25.9 Å². The van der Waals surface area contributed by atoms with E-state index in [0.717, 1.165) is 16.9 Å². The summed E-state index contributed by atoms with van der Waals surface area (Å²) in [7, 11) is 3.49. The second kappa shape index (κ2) is 6.09. The maximum atomic E-state index is 9.00. The molecule has 0 aliphatic heterocycles. The summed E-state index contributed by atoms with van der Waals surface area (Å²) >= 11 is 6.10. The summed E-state index contributed by atoms with van der Waals surface area (Å²) in [5, 5.41) is 12.9. The molecule has 0 radical (unpaired) electrons. The van der Waals surface area contributed by atoms with Crippen molar-refractivity contribution in [2.75, 3.05) is 20.8 Å². The van der Waals surface area contributed by atoms with Crippen LogP contribution in [0.3, 0.4) is 0 Å². The Morgan fingerprint density at radius 2 is 2.19 bits per heavy atom. The van der Waals surface area contributed by atoms with E-state index in [1.54, 1.807) is 7.11 Å². The van der Waals surface area contributed by atoms with Gasteiger partial charge in [-0.2, -0.15) is 0 Å². The Morgan fingerprint density at radius 3 is 2.69 bits per heavy atom. The number of benzene rings is 1. The smallest absolute Gasteiger partial charge is 0.124 e. The molecule has 0 bridgehead atoms. The molecule has 16 heavy (non-hydrogen) atoms. The fourth-order valence-electron chi connectivity index (χ4n) is 1.70. The summed E-state index contributed by atoms with van der Waals surface area (Å²) < 4.78 is 5.33. The Labute approximate surface area is 101 Å². The molecule has 0 aliphatic rings. The van der Waals surface area contributed by atoms with E-state index < -0.39 is 0 Å². The van der Waals surface area contributed by atoms with E-state index in [1.807, 2.05) is 26.1 Å². The first-order chi connectivity index (χ1) is 7.63. The number of halogens is 1. The van der Waals surface area contributed by atoms with Crippen molar-refractivity contribution in [3.8, 4) is 5.75 Å². The average molecular weight is 244 g/mol. The number of nitrogens with one attached hydrogen (secondary N) is 1. The Kier molecular flexibility index (Phi) is 5.06.